The first-order valence-electron chi connectivity index (χ1n) is 11.9. The number of nitriles is 1. The average Bonchev–Trinajstić information content (AvgIpc) is 2.92. The fourth-order valence-electron chi connectivity index (χ4n) is 4.28. The van der Waals surface area contributed by atoms with Crippen LogP contribution in [0.2, 0.25) is 5.02 Å². The molecule has 0 fully saturated rings. The van der Waals surface area contributed by atoms with E-state index in [1.165, 1.54) is 0 Å². The monoisotopic (exact) mass is 522 g/mol. The molecule has 0 amide bonds. The number of allylic oxidation sites excluding steroid dienone is 1. The fraction of sp³-hybridized carbons (Fsp3) is 0.0968. The molecule has 0 bridgehead atoms. The minimum Gasteiger partial charge on any atom is -0.489 e. The van der Waals surface area contributed by atoms with Crippen LogP contribution in [0.5, 0.6) is 17.2 Å². The topological polar surface area (TPSA) is 94.6 Å². The highest BCUT2D eigenvalue weighted by Gasteiger charge is 2.31. The minimum atomic E-state index is -0.476. The SMILES string of the molecule is Cc1cccc(C(=O)Oc2ccc3c(c2)OC(N)=C(C#N)C3c2ccc(OCc3ccc(Cl)cc3)cc2)c1. The van der Waals surface area contributed by atoms with Crippen LogP contribution in [0.3, 0.4) is 0 Å². The number of esters is 1. The van der Waals surface area contributed by atoms with Crippen molar-refractivity contribution in [1.82, 2.24) is 0 Å². The van der Waals surface area contributed by atoms with Crippen molar-refractivity contribution in [3.8, 4) is 23.3 Å². The van der Waals surface area contributed by atoms with E-state index < -0.39 is 11.9 Å². The lowest BCUT2D eigenvalue weighted by atomic mass is 9.83. The number of halogens is 1. The Labute approximate surface area is 225 Å². The summed E-state index contributed by atoms with van der Waals surface area (Å²) in [6.45, 7) is 2.31. The Morgan fingerprint density at radius 1 is 1.00 bits per heavy atom. The smallest absolute Gasteiger partial charge is 0.343 e. The number of nitrogens with two attached hydrogens (primary N) is 1. The van der Waals surface area contributed by atoms with E-state index in [0.717, 1.165) is 22.3 Å². The summed E-state index contributed by atoms with van der Waals surface area (Å²) in [5, 5.41) is 10.5. The van der Waals surface area contributed by atoms with Crippen LogP contribution < -0.4 is 19.9 Å². The molecule has 4 aromatic rings. The first-order valence-corrected chi connectivity index (χ1v) is 12.3. The van der Waals surface area contributed by atoms with Crippen molar-refractivity contribution in [2.24, 2.45) is 5.73 Å². The van der Waals surface area contributed by atoms with E-state index >= 15 is 0 Å². The first kappa shape index (κ1) is 24.9. The van der Waals surface area contributed by atoms with Gasteiger partial charge in [0.1, 0.15) is 35.5 Å². The zero-order valence-electron chi connectivity index (χ0n) is 20.5. The Kier molecular flexibility index (Phi) is 7.03. The number of carbonyl (C=O) groups excluding carboxylic acids is 1. The third kappa shape index (κ3) is 5.34. The van der Waals surface area contributed by atoms with Crippen LogP contribution in [0.1, 0.15) is 38.5 Å². The average molecular weight is 523 g/mol. The van der Waals surface area contributed by atoms with Gasteiger partial charge in [0.25, 0.3) is 0 Å². The molecule has 6 nitrogen and oxygen atoms in total. The Morgan fingerprint density at radius 2 is 1.74 bits per heavy atom. The van der Waals surface area contributed by atoms with Crippen LogP contribution in [0.4, 0.5) is 0 Å². The van der Waals surface area contributed by atoms with Gasteiger partial charge in [-0.3, -0.25) is 0 Å². The van der Waals surface area contributed by atoms with Gasteiger partial charge in [-0.25, -0.2) is 4.79 Å². The van der Waals surface area contributed by atoms with E-state index in [1.807, 2.05) is 61.5 Å². The second-order valence-electron chi connectivity index (χ2n) is 8.87. The summed E-state index contributed by atoms with van der Waals surface area (Å²) >= 11 is 5.94. The molecule has 2 N–H and O–H groups in total. The summed E-state index contributed by atoms with van der Waals surface area (Å²) in [5.74, 6) is 0.504. The number of hydrogen-bond donors (Lipinski definition) is 1. The summed E-state index contributed by atoms with van der Waals surface area (Å²) < 4.78 is 17.2. The van der Waals surface area contributed by atoms with Crippen molar-refractivity contribution in [2.75, 3.05) is 0 Å². The van der Waals surface area contributed by atoms with Gasteiger partial charge < -0.3 is 19.9 Å². The van der Waals surface area contributed by atoms with Crippen molar-refractivity contribution in [3.05, 3.63) is 135 Å². The van der Waals surface area contributed by atoms with Gasteiger partial charge in [-0.05, 0) is 60.5 Å². The molecule has 7 heteroatoms. The summed E-state index contributed by atoms with van der Waals surface area (Å²) in [6, 6.07) is 29.4. The molecule has 1 aliphatic rings. The molecule has 0 aliphatic carbocycles. The highest BCUT2D eigenvalue weighted by atomic mass is 35.5. The lowest BCUT2D eigenvalue weighted by Gasteiger charge is -2.26. The van der Waals surface area contributed by atoms with Crippen molar-refractivity contribution in [1.29, 1.82) is 5.26 Å². The number of fused-ring (bicyclic) bond motifs is 1. The number of aryl methyl sites for hydroxylation is 1. The lowest BCUT2D eigenvalue weighted by molar-refractivity contribution is 0.0734. The van der Waals surface area contributed by atoms with E-state index in [0.29, 0.717) is 40.0 Å². The van der Waals surface area contributed by atoms with Gasteiger partial charge in [0.05, 0.1) is 11.5 Å². The molecule has 5 rings (SSSR count). The van der Waals surface area contributed by atoms with Gasteiger partial charge in [0, 0.05) is 16.7 Å². The van der Waals surface area contributed by atoms with Gasteiger partial charge in [-0.2, -0.15) is 5.26 Å². The normalized spacial score (nSPS) is 14.2. The highest BCUT2D eigenvalue weighted by molar-refractivity contribution is 6.30. The summed E-state index contributed by atoms with van der Waals surface area (Å²) in [6.07, 6.45) is 0. The molecular weight excluding hydrogens is 500 g/mol. The Bertz CT molecular complexity index is 1570. The van der Waals surface area contributed by atoms with Crippen LogP contribution in [-0.4, -0.2) is 5.97 Å². The molecule has 1 unspecified atom stereocenters. The Hall–Kier alpha value is -4.73. The minimum absolute atomic E-state index is 0.00947. The third-order valence-electron chi connectivity index (χ3n) is 6.19. The van der Waals surface area contributed by atoms with E-state index in [1.54, 1.807) is 36.4 Å². The molecule has 1 atom stereocenters. The first-order chi connectivity index (χ1) is 18.4. The molecule has 1 heterocycles. The molecule has 188 valence electrons. The molecule has 38 heavy (non-hydrogen) atoms. The maximum atomic E-state index is 12.6. The largest absolute Gasteiger partial charge is 0.489 e. The Morgan fingerprint density at radius 3 is 2.45 bits per heavy atom. The molecule has 0 saturated carbocycles. The summed E-state index contributed by atoms with van der Waals surface area (Å²) in [7, 11) is 0. The van der Waals surface area contributed by atoms with Crippen LogP contribution in [0.15, 0.2) is 102 Å². The second-order valence-corrected chi connectivity index (χ2v) is 9.30. The van der Waals surface area contributed by atoms with E-state index in [-0.39, 0.29) is 5.88 Å². The Balaban J connectivity index is 1.37. The molecule has 0 saturated heterocycles. The fourth-order valence-corrected chi connectivity index (χ4v) is 4.41. The number of benzene rings is 4. The number of ether oxygens (including phenoxy) is 3. The van der Waals surface area contributed by atoms with Crippen LogP contribution >= 0.6 is 11.6 Å². The predicted octanol–water partition coefficient (Wildman–Crippen LogP) is 6.66. The predicted molar refractivity (Wildman–Crippen MR) is 144 cm³/mol. The third-order valence-corrected chi connectivity index (χ3v) is 6.44. The molecule has 0 spiro atoms. The van der Waals surface area contributed by atoms with Gasteiger partial charge in [-0.15, -0.1) is 0 Å². The van der Waals surface area contributed by atoms with Crippen LogP contribution in [0.25, 0.3) is 0 Å². The maximum absolute atomic E-state index is 12.6. The molecule has 0 radical (unpaired) electrons. The summed E-state index contributed by atoms with van der Waals surface area (Å²) in [5.41, 5.74) is 10.4. The number of rotatable bonds is 6. The van der Waals surface area contributed by atoms with Gasteiger partial charge in [0.15, 0.2) is 0 Å². The highest BCUT2D eigenvalue weighted by Crippen LogP contribution is 2.43. The van der Waals surface area contributed by atoms with Gasteiger partial charge in [0.2, 0.25) is 5.88 Å². The van der Waals surface area contributed by atoms with Crippen LogP contribution in [-0.2, 0) is 6.61 Å². The van der Waals surface area contributed by atoms with Gasteiger partial charge in [-0.1, -0.05) is 59.6 Å². The number of nitrogens with zero attached hydrogens (tertiary/aromatic N) is 1. The van der Waals surface area contributed by atoms with Crippen molar-refractivity contribution < 1.29 is 19.0 Å². The van der Waals surface area contributed by atoms with Crippen molar-refractivity contribution in [3.63, 3.8) is 0 Å². The standard InChI is InChI=1S/C31H23ClN2O4/c1-19-3-2-4-22(15-19)31(35)37-25-13-14-26-28(16-25)38-30(34)27(17-33)29(26)21-7-11-24(12-8-21)36-18-20-5-9-23(32)10-6-20/h2-16,29H,18,34H2,1H3. The number of carbonyl (C=O) groups is 1. The van der Waals surface area contributed by atoms with E-state index in [9.17, 15) is 10.1 Å². The summed E-state index contributed by atoms with van der Waals surface area (Å²) in [4.78, 5) is 12.6. The number of hydrogen-bond acceptors (Lipinski definition) is 6. The molecule has 0 aromatic heterocycles. The van der Waals surface area contributed by atoms with E-state index in [2.05, 4.69) is 6.07 Å². The lowest BCUT2D eigenvalue weighted by Crippen LogP contribution is -2.21. The molecular formula is C31H23ClN2O4. The maximum Gasteiger partial charge on any atom is 0.343 e. The zero-order valence-corrected chi connectivity index (χ0v) is 21.2. The molecule has 1 aliphatic heterocycles. The second kappa shape index (κ2) is 10.7. The van der Waals surface area contributed by atoms with E-state index in [4.69, 9.17) is 31.5 Å². The van der Waals surface area contributed by atoms with Crippen molar-refractivity contribution in [2.45, 2.75) is 19.4 Å². The quantitative estimate of drug-likeness (QED) is 0.224. The zero-order chi connectivity index (χ0) is 26.6. The van der Waals surface area contributed by atoms with Gasteiger partial charge >= 0.3 is 5.97 Å². The van der Waals surface area contributed by atoms with Crippen molar-refractivity contribution >= 4 is 17.6 Å². The molecule has 4 aromatic carbocycles. The van der Waals surface area contributed by atoms with Crippen LogP contribution in [0, 0.1) is 18.3 Å².